The van der Waals surface area contributed by atoms with E-state index in [1.165, 1.54) is 0 Å². The van der Waals surface area contributed by atoms with E-state index in [2.05, 4.69) is 15.9 Å². The molecule has 0 aliphatic carbocycles. The third kappa shape index (κ3) is 5.80. The molecule has 2 aromatic rings. The molecule has 0 aliphatic rings. The van der Waals surface area contributed by atoms with Gasteiger partial charge in [-0.05, 0) is 76.2 Å². The summed E-state index contributed by atoms with van der Waals surface area (Å²) in [5.41, 5.74) is 3.25. The first-order valence-electron chi connectivity index (χ1n) is 8.38. The van der Waals surface area contributed by atoms with Crippen LogP contribution >= 0.6 is 15.9 Å². The zero-order valence-electron chi connectivity index (χ0n) is 15.7. The average Bonchev–Trinajstić information content (AvgIpc) is 2.56. The molecule has 2 rings (SSSR count). The maximum Gasteiger partial charge on any atom is 0.185 e. The summed E-state index contributed by atoms with van der Waals surface area (Å²) < 4.78 is 0.943. The summed E-state index contributed by atoms with van der Waals surface area (Å²) in [5, 5.41) is 10.5. The van der Waals surface area contributed by atoms with Crippen LogP contribution in [0.1, 0.15) is 27.0 Å². The number of hydrogen-bond acceptors (Lipinski definition) is 4. The second-order valence-electron chi connectivity index (χ2n) is 6.87. The van der Waals surface area contributed by atoms with Crippen molar-refractivity contribution in [3.8, 4) is 5.75 Å². The highest BCUT2D eigenvalue weighted by Gasteiger charge is 2.11. The monoisotopic (exact) mass is 416 g/mol. The quantitative estimate of drug-likeness (QED) is 0.543. The van der Waals surface area contributed by atoms with Crippen LogP contribution in [0.3, 0.4) is 0 Å². The van der Waals surface area contributed by atoms with E-state index in [0.29, 0.717) is 24.4 Å². The normalized spacial score (nSPS) is 11.7. The van der Waals surface area contributed by atoms with E-state index < -0.39 is 0 Å². The first-order valence-corrected chi connectivity index (χ1v) is 9.17. The largest absolute Gasteiger partial charge is 0.507 e. The Morgan fingerprint density at radius 1 is 1.00 bits per heavy atom. The van der Waals surface area contributed by atoms with Crippen LogP contribution in [0.4, 0.5) is 0 Å². The van der Waals surface area contributed by atoms with Crippen LogP contribution in [0.5, 0.6) is 5.75 Å². The minimum atomic E-state index is -0.0473. The molecule has 0 fully saturated rings. The predicted molar refractivity (Wildman–Crippen MR) is 110 cm³/mol. The molecule has 0 saturated carbocycles. The van der Waals surface area contributed by atoms with Crippen molar-refractivity contribution in [2.24, 2.45) is 0 Å². The van der Waals surface area contributed by atoms with Gasteiger partial charge in [-0.3, -0.25) is 4.79 Å². The van der Waals surface area contributed by atoms with Gasteiger partial charge in [-0.2, -0.15) is 0 Å². The lowest BCUT2D eigenvalue weighted by Crippen LogP contribution is -2.14. The molecule has 0 amide bonds. The third-order valence-electron chi connectivity index (χ3n) is 3.82. The van der Waals surface area contributed by atoms with E-state index in [4.69, 9.17) is 0 Å². The summed E-state index contributed by atoms with van der Waals surface area (Å²) in [4.78, 5) is 16.4. The Morgan fingerprint density at radius 2 is 1.50 bits per heavy atom. The molecule has 0 bridgehead atoms. The van der Waals surface area contributed by atoms with Gasteiger partial charge in [0.05, 0.1) is 0 Å². The minimum absolute atomic E-state index is 0.0473. The van der Waals surface area contributed by atoms with Crippen molar-refractivity contribution < 1.29 is 9.90 Å². The topological polar surface area (TPSA) is 43.8 Å². The fourth-order valence-electron chi connectivity index (χ4n) is 2.69. The second kappa shape index (κ2) is 9.12. The molecule has 4 nitrogen and oxygen atoms in total. The molecule has 0 saturated heterocycles. The van der Waals surface area contributed by atoms with Crippen LogP contribution in [0.2, 0.25) is 0 Å². The zero-order chi connectivity index (χ0) is 19.3. The number of halogens is 1. The summed E-state index contributed by atoms with van der Waals surface area (Å²) in [7, 11) is 7.85. The number of rotatable bonds is 7. The molecule has 138 valence electrons. The Hall–Kier alpha value is -1.95. The minimum Gasteiger partial charge on any atom is -0.507 e. The SMILES string of the molecule is CN(C)Cc1cc(/C=C/C(=O)c2ccc(Br)cc2)cc(CN(C)C)c1O. The van der Waals surface area contributed by atoms with Gasteiger partial charge in [-0.25, -0.2) is 0 Å². The lowest BCUT2D eigenvalue weighted by molar-refractivity contribution is 0.104. The van der Waals surface area contributed by atoms with E-state index >= 15 is 0 Å². The fraction of sp³-hybridized carbons (Fsp3) is 0.286. The highest BCUT2D eigenvalue weighted by atomic mass is 79.9. The van der Waals surface area contributed by atoms with Gasteiger partial charge >= 0.3 is 0 Å². The number of allylic oxidation sites excluding steroid dienone is 1. The number of carbonyl (C=O) groups excluding carboxylic acids is 1. The van der Waals surface area contributed by atoms with Crippen molar-refractivity contribution in [3.05, 3.63) is 69.2 Å². The molecular weight excluding hydrogens is 392 g/mol. The van der Waals surface area contributed by atoms with Crippen molar-refractivity contribution in [1.82, 2.24) is 9.80 Å². The fourth-order valence-corrected chi connectivity index (χ4v) is 2.95. The molecule has 0 unspecified atom stereocenters. The molecule has 0 atom stereocenters. The Balaban J connectivity index is 2.31. The van der Waals surface area contributed by atoms with Gasteiger partial charge in [0.1, 0.15) is 5.75 Å². The second-order valence-corrected chi connectivity index (χ2v) is 7.78. The van der Waals surface area contributed by atoms with Crippen LogP contribution in [0, 0.1) is 0 Å². The first-order chi connectivity index (χ1) is 12.3. The molecule has 0 radical (unpaired) electrons. The van der Waals surface area contributed by atoms with E-state index in [1.807, 2.05) is 68.3 Å². The highest BCUT2D eigenvalue weighted by Crippen LogP contribution is 2.27. The number of nitrogens with zero attached hydrogens (tertiary/aromatic N) is 2. The van der Waals surface area contributed by atoms with Crippen LogP contribution in [-0.4, -0.2) is 48.9 Å². The Bertz CT molecular complexity index is 765. The molecule has 5 heteroatoms. The van der Waals surface area contributed by atoms with E-state index in [9.17, 15) is 9.90 Å². The number of carbonyl (C=O) groups is 1. The van der Waals surface area contributed by atoms with Gasteiger partial charge in [-0.1, -0.05) is 22.0 Å². The zero-order valence-corrected chi connectivity index (χ0v) is 17.2. The summed E-state index contributed by atoms with van der Waals surface area (Å²) >= 11 is 3.37. The smallest absolute Gasteiger partial charge is 0.185 e. The average molecular weight is 417 g/mol. The lowest BCUT2D eigenvalue weighted by Gasteiger charge is -2.17. The lowest BCUT2D eigenvalue weighted by atomic mass is 10.0. The summed E-state index contributed by atoms with van der Waals surface area (Å²) in [6, 6.07) is 11.2. The molecule has 2 aromatic carbocycles. The Morgan fingerprint density at radius 3 is 1.96 bits per heavy atom. The molecule has 0 aromatic heterocycles. The van der Waals surface area contributed by atoms with Crippen molar-refractivity contribution in [2.75, 3.05) is 28.2 Å². The number of ketones is 1. The number of phenols is 1. The molecule has 0 aliphatic heterocycles. The number of hydrogen-bond donors (Lipinski definition) is 1. The van der Waals surface area contributed by atoms with Gasteiger partial charge in [0.2, 0.25) is 0 Å². The Labute approximate surface area is 163 Å². The van der Waals surface area contributed by atoms with Gasteiger partial charge < -0.3 is 14.9 Å². The third-order valence-corrected chi connectivity index (χ3v) is 4.35. The number of benzene rings is 2. The van der Waals surface area contributed by atoms with Gasteiger partial charge in [0.15, 0.2) is 5.78 Å². The van der Waals surface area contributed by atoms with E-state index in [-0.39, 0.29) is 5.78 Å². The van der Waals surface area contributed by atoms with Crippen molar-refractivity contribution in [3.63, 3.8) is 0 Å². The molecular formula is C21H25BrN2O2. The maximum absolute atomic E-state index is 12.4. The first kappa shape index (κ1) is 20.4. The Kier molecular flexibility index (Phi) is 7.14. The van der Waals surface area contributed by atoms with Crippen LogP contribution < -0.4 is 0 Å². The van der Waals surface area contributed by atoms with Crippen LogP contribution in [0.15, 0.2) is 46.9 Å². The van der Waals surface area contributed by atoms with E-state index in [1.54, 1.807) is 18.2 Å². The summed E-state index contributed by atoms with van der Waals surface area (Å²) in [5.74, 6) is 0.276. The number of phenolic OH excluding ortho intramolecular Hbond substituents is 1. The maximum atomic E-state index is 12.4. The molecule has 26 heavy (non-hydrogen) atoms. The van der Waals surface area contributed by atoms with Gasteiger partial charge in [0, 0.05) is 34.3 Å². The molecule has 0 heterocycles. The van der Waals surface area contributed by atoms with Crippen molar-refractivity contribution in [2.45, 2.75) is 13.1 Å². The van der Waals surface area contributed by atoms with Crippen LogP contribution in [-0.2, 0) is 13.1 Å². The highest BCUT2D eigenvalue weighted by molar-refractivity contribution is 9.10. The van der Waals surface area contributed by atoms with Crippen molar-refractivity contribution in [1.29, 1.82) is 0 Å². The summed E-state index contributed by atoms with van der Waals surface area (Å²) in [6.45, 7) is 1.27. The molecule has 1 N–H and O–H groups in total. The predicted octanol–water partition coefficient (Wildman–Crippen LogP) is 4.17. The molecule has 0 spiro atoms. The van der Waals surface area contributed by atoms with E-state index in [0.717, 1.165) is 21.2 Å². The van der Waals surface area contributed by atoms with Crippen LogP contribution in [0.25, 0.3) is 6.08 Å². The van der Waals surface area contributed by atoms with Gasteiger partial charge in [0.25, 0.3) is 0 Å². The van der Waals surface area contributed by atoms with Crippen molar-refractivity contribution >= 4 is 27.8 Å². The number of aromatic hydroxyl groups is 1. The summed E-state index contributed by atoms with van der Waals surface area (Å²) in [6.07, 6.45) is 3.39. The standard InChI is InChI=1S/C21H25BrN2O2/c1-23(2)13-17-11-15(12-18(21(17)26)14-24(3)4)5-10-20(25)16-6-8-19(22)9-7-16/h5-12,26H,13-14H2,1-4H3/b10-5+. The van der Waals surface area contributed by atoms with Gasteiger partial charge in [-0.15, -0.1) is 0 Å².